The molecular weight excluding hydrogens is 974 g/mol. The summed E-state index contributed by atoms with van der Waals surface area (Å²) in [7, 11) is 0. The molecule has 3 aliphatic carbocycles. The van der Waals surface area contributed by atoms with Crippen LogP contribution in [0.25, 0.3) is 61.8 Å². The van der Waals surface area contributed by atoms with Crippen molar-refractivity contribution in [1.29, 1.82) is 0 Å². The molecule has 0 aliphatic heterocycles. The van der Waals surface area contributed by atoms with Crippen LogP contribution in [0.3, 0.4) is 0 Å². The van der Waals surface area contributed by atoms with Crippen LogP contribution < -0.4 is 0 Å². The van der Waals surface area contributed by atoms with Crippen molar-refractivity contribution >= 4 is 11.0 Å². The predicted octanol–water partition coefficient (Wildman–Crippen LogP) is 15.1. The van der Waals surface area contributed by atoms with Crippen molar-refractivity contribution in [2.75, 3.05) is 0 Å². The van der Waals surface area contributed by atoms with Crippen LogP contribution in [0.1, 0.15) is 122 Å². The normalized spacial score (nSPS) is 14.9. The number of rotatable bonds is 7. The van der Waals surface area contributed by atoms with Crippen LogP contribution in [-0.4, -0.2) is 19.6 Å². The average molecular weight is 1030 g/mol. The Morgan fingerprint density at radius 2 is 1.11 bits per heavy atom. The zero-order chi connectivity index (χ0) is 44.0. The number of pyridine rings is 1. The van der Waals surface area contributed by atoms with Gasteiger partial charge >= 0.3 is 0 Å². The van der Waals surface area contributed by atoms with E-state index in [-0.39, 0.29) is 55.9 Å². The van der Waals surface area contributed by atoms with Crippen LogP contribution >= 0.6 is 0 Å². The molecule has 2 bridgehead atoms. The maximum absolute atomic E-state index is 12.7. The number of phenolic OH excluding ortho intramolecular Hbond substituents is 1. The third-order valence-electron chi connectivity index (χ3n) is 13.7. The molecule has 0 saturated heterocycles. The number of aromatic nitrogens is 3. The van der Waals surface area contributed by atoms with E-state index in [1.165, 1.54) is 50.1 Å². The van der Waals surface area contributed by atoms with Crippen LogP contribution in [0.15, 0.2) is 158 Å². The second-order valence-electron chi connectivity index (χ2n) is 19.4. The van der Waals surface area contributed by atoms with E-state index in [1.54, 1.807) is 0 Å². The first kappa shape index (κ1) is 42.6. The molecule has 7 aromatic carbocycles. The van der Waals surface area contributed by atoms with Crippen LogP contribution in [0.2, 0.25) is 0 Å². The smallest absolute Gasteiger partial charge is 0.149 e. The molecule has 3 aliphatic rings. The Kier molecular flexibility index (Phi) is 10.7. The van der Waals surface area contributed by atoms with Crippen LogP contribution in [-0.2, 0) is 26.5 Å². The van der Waals surface area contributed by atoms with Crippen molar-refractivity contribution in [1.82, 2.24) is 14.5 Å². The summed E-state index contributed by atoms with van der Waals surface area (Å²) in [6, 6.07) is 60.2. The summed E-state index contributed by atoms with van der Waals surface area (Å²) in [4.78, 5) is 10.7. The Labute approximate surface area is 397 Å². The van der Waals surface area contributed by atoms with Crippen LogP contribution in [0, 0.1) is 6.07 Å². The maximum atomic E-state index is 12.7. The summed E-state index contributed by atoms with van der Waals surface area (Å²) in [5, 5.41) is 12.7. The summed E-state index contributed by atoms with van der Waals surface area (Å²) in [5.41, 5.74) is 20.8. The first-order chi connectivity index (χ1) is 31.0. The summed E-state index contributed by atoms with van der Waals surface area (Å²) in [6.07, 6.45) is 0. The summed E-state index contributed by atoms with van der Waals surface area (Å²) in [6.45, 7) is 15.7. The molecule has 9 aromatic rings. The molecule has 12 rings (SSSR count). The summed E-state index contributed by atoms with van der Waals surface area (Å²) < 4.78 is 2.27. The number of nitrogens with zero attached hydrogens (tertiary/aromatic N) is 3. The molecule has 0 radical (unpaired) electrons. The Bertz CT molecular complexity index is 3220. The summed E-state index contributed by atoms with van der Waals surface area (Å²) in [5.74, 6) is 1.68. The van der Waals surface area contributed by atoms with Gasteiger partial charge in [-0.2, -0.15) is 0 Å². The molecule has 0 amide bonds. The van der Waals surface area contributed by atoms with E-state index < -0.39 is 0 Å². The number of benzene rings is 7. The number of imidazole rings is 1. The Morgan fingerprint density at radius 3 is 1.72 bits per heavy atom. The van der Waals surface area contributed by atoms with Crippen molar-refractivity contribution < 1.29 is 26.2 Å². The quantitative estimate of drug-likeness (QED) is 0.162. The Balaban J connectivity index is 0.00000498. The number of hydrogen-bond acceptors (Lipinski definition) is 3. The molecule has 0 atom stereocenters. The molecule has 65 heavy (non-hydrogen) atoms. The molecule has 0 spiro atoms. The fraction of sp³-hybridized carbons (Fsp3) is 0.200. The minimum atomic E-state index is 0. The number of hydrogen-bond donors (Lipinski definition) is 1. The van der Waals surface area contributed by atoms with Gasteiger partial charge in [0.1, 0.15) is 11.6 Å². The van der Waals surface area contributed by atoms with E-state index in [4.69, 9.17) is 9.97 Å². The number of phenols is 1. The van der Waals surface area contributed by atoms with Gasteiger partial charge in [0.05, 0.1) is 28.0 Å². The average Bonchev–Trinajstić information content (AvgIpc) is 3.69. The minimum absolute atomic E-state index is 0. The van der Waals surface area contributed by atoms with Crippen molar-refractivity contribution in [3.05, 3.63) is 214 Å². The van der Waals surface area contributed by atoms with Gasteiger partial charge in [0, 0.05) is 38.5 Å². The van der Waals surface area contributed by atoms with Gasteiger partial charge in [0.2, 0.25) is 0 Å². The molecule has 324 valence electrons. The first-order valence-electron chi connectivity index (χ1n) is 22.8. The second kappa shape index (κ2) is 16.3. The van der Waals surface area contributed by atoms with Gasteiger partial charge in [-0.05, 0) is 103 Å². The predicted molar refractivity (Wildman–Crippen MR) is 263 cm³/mol. The standard InChI is InChI=1S/C60H52N3O.Pt/c1-35(2)41-20-14-21-42(36(3)4)57(41)63-54-25-13-12-24-51(54)62-59(63)49-23-15-22-48(58(49)64)53-34-39(37-26-29-40(30-27-37)60(5,6)7)33-52(61-53)38-28-31-47-50(32-38)56-45-18-10-8-16-43(45)55(47)44-17-9-11-19-46(44)56;/h8-27,29-36,55-56,64H,1-7H3;/q-1;. The molecule has 5 heteroatoms. The molecule has 0 fully saturated rings. The fourth-order valence-corrected chi connectivity index (χ4v) is 10.5. The van der Waals surface area contributed by atoms with E-state index in [2.05, 4.69) is 193 Å². The zero-order valence-corrected chi connectivity index (χ0v) is 40.2. The van der Waals surface area contributed by atoms with Gasteiger partial charge in [-0.25, -0.2) is 4.98 Å². The molecule has 2 aromatic heterocycles. The monoisotopic (exact) mass is 1030 g/mol. The first-order valence-corrected chi connectivity index (χ1v) is 22.8. The number of para-hydroxylation sites is 4. The molecule has 4 nitrogen and oxygen atoms in total. The Morgan fingerprint density at radius 1 is 0.554 bits per heavy atom. The molecule has 0 saturated carbocycles. The molecule has 2 heterocycles. The van der Waals surface area contributed by atoms with Gasteiger partial charge in [0.15, 0.2) is 0 Å². The third-order valence-corrected chi connectivity index (χ3v) is 13.7. The summed E-state index contributed by atoms with van der Waals surface area (Å²) >= 11 is 0. The van der Waals surface area contributed by atoms with Crippen LogP contribution in [0.4, 0.5) is 0 Å². The van der Waals surface area contributed by atoms with Crippen molar-refractivity contribution in [3.8, 4) is 56.5 Å². The Hall–Kier alpha value is -6.35. The van der Waals surface area contributed by atoms with Gasteiger partial charge in [0.25, 0.3) is 0 Å². The third kappa shape index (κ3) is 7.00. The van der Waals surface area contributed by atoms with Crippen molar-refractivity contribution in [3.63, 3.8) is 0 Å². The topological polar surface area (TPSA) is 50.9 Å². The molecular formula is C60H52N3OPt-. The largest absolute Gasteiger partial charge is 0.506 e. The maximum Gasteiger partial charge on any atom is 0.149 e. The molecule has 1 N–H and O–H groups in total. The van der Waals surface area contributed by atoms with Gasteiger partial charge in [-0.3, -0.25) is 9.55 Å². The second-order valence-corrected chi connectivity index (χ2v) is 19.4. The fourth-order valence-electron chi connectivity index (χ4n) is 10.5. The van der Waals surface area contributed by atoms with E-state index in [1.807, 2.05) is 24.3 Å². The van der Waals surface area contributed by atoms with Gasteiger partial charge in [-0.15, -0.1) is 34.9 Å². The zero-order valence-electron chi connectivity index (χ0n) is 37.9. The van der Waals surface area contributed by atoms with E-state index >= 15 is 0 Å². The molecule has 0 unspecified atom stereocenters. The van der Waals surface area contributed by atoms with Crippen molar-refractivity contribution in [2.45, 2.75) is 77.6 Å². The van der Waals surface area contributed by atoms with E-state index in [9.17, 15) is 5.11 Å². The number of aromatic hydroxyl groups is 1. The van der Waals surface area contributed by atoms with Gasteiger partial charge < -0.3 is 5.11 Å². The SMILES string of the molecule is CC(C)c1cccc(C(C)C)c1-n1c(-c2cccc(-c3cc(-c4ccc(C(C)(C)C)cc4)cc(-c4[c-]cc5c(c4)C4c6ccccc6C5c5ccccc54)n3)c2O)nc2ccccc21.[Pt]. The van der Waals surface area contributed by atoms with E-state index in [0.717, 1.165) is 39.1 Å². The van der Waals surface area contributed by atoms with Crippen molar-refractivity contribution in [2.24, 2.45) is 0 Å². The van der Waals surface area contributed by atoms with Gasteiger partial charge in [-0.1, -0.05) is 164 Å². The van der Waals surface area contributed by atoms with Crippen LogP contribution in [0.5, 0.6) is 5.75 Å². The van der Waals surface area contributed by atoms with E-state index in [0.29, 0.717) is 22.6 Å². The minimum Gasteiger partial charge on any atom is -0.506 e. The number of fused-ring (bicyclic) bond motifs is 1.